The Kier molecular flexibility index (Phi) is 6.38. The molecule has 0 radical (unpaired) electrons. The number of hydrogen-bond donors (Lipinski definition) is 1. The lowest BCUT2D eigenvalue weighted by molar-refractivity contribution is -0.132. The summed E-state index contributed by atoms with van der Waals surface area (Å²) in [5, 5.41) is 11.3. The second-order valence-corrected chi connectivity index (χ2v) is 8.16. The van der Waals surface area contributed by atoms with Crippen molar-refractivity contribution >= 4 is 23.1 Å². The van der Waals surface area contributed by atoms with Crippen LogP contribution in [0.25, 0.3) is 5.76 Å². The molecule has 1 fully saturated rings. The van der Waals surface area contributed by atoms with Crippen molar-refractivity contribution in [3.8, 4) is 23.0 Å². The van der Waals surface area contributed by atoms with E-state index in [0.717, 1.165) is 0 Å². The lowest BCUT2D eigenvalue weighted by Gasteiger charge is -2.23. The van der Waals surface area contributed by atoms with Crippen LogP contribution in [-0.4, -0.2) is 31.0 Å². The van der Waals surface area contributed by atoms with Crippen molar-refractivity contribution in [2.45, 2.75) is 6.04 Å². The zero-order valence-corrected chi connectivity index (χ0v) is 20.1. The molecule has 0 saturated carbocycles. The molecule has 4 aromatic rings. The molecule has 37 heavy (non-hydrogen) atoms. The molecule has 8 nitrogen and oxygen atoms in total. The van der Waals surface area contributed by atoms with Crippen molar-refractivity contribution in [3.63, 3.8) is 0 Å². The summed E-state index contributed by atoms with van der Waals surface area (Å²) in [4.78, 5) is 27.8. The van der Waals surface area contributed by atoms with Gasteiger partial charge in [-0.3, -0.25) is 14.5 Å². The van der Waals surface area contributed by atoms with Crippen LogP contribution in [0.1, 0.15) is 17.4 Å². The van der Waals surface area contributed by atoms with E-state index in [9.17, 15) is 14.7 Å². The zero-order valence-electron chi connectivity index (χ0n) is 20.1. The van der Waals surface area contributed by atoms with Crippen LogP contribution in [-0.2, 0) is 9.59 Å². The molecule has 1 saturated heterocycles. The minimum Gasteiger partial charge on any atom is -0.507 e. The molecule has 0 bridgehead atoms. The number of methoxy groups -OCH3 is 2. The third kappa shape index (κ3) is 4.40. The summed E-state index contributed by atoms with van der Waals surface area (Å²) in [5.41, 5.74) is 0.630. The number of benzene rings is 3. The Bertz CT molecular complexity index is 1460. The van der Waals surface area contributed by atoms with E-state index in [2.05, 4.69) is 0 Å². The average Bonchev–Trinajstić information content (AvgIpc) is 3.56. The Labute approximate surface area is 212 Å². The second-order valence-electron chi connectivity index (χ2n) is 8.16. The van der Waals surface area contributed by atoms with Gasteiger partial charge in [-0.1, -0.05) is 18.2 Å². The number of amides is 1. The van der Waals surface area contributed by atoms with E-state index in [1.54, 1.807) is 48.5 Å². The Hall–Kier alpha value is -4.98. The number of furan rings is 1. The van der Waals surface area contributed by atoms with E-state index in [-0.39, 0.29) is 11.3 Å². The molecule has 1 unspecified atom stereocenters. The molecule has 8 heteroatoms. The van der Waals surface area contributed by atoms with Gasteiger partial charge in [0, 0.05) is 11.3 Å². The Morgan fingerprint density at radius 1 is 0.838 bits per heavy atom. The third-order valence-corrected chi connectivity index (χ3v) is 6.01. The molecule has 0 aliphatic carbocycles. The quantitative estimate of drug-likeness (QED) is 0.198. The number of rotatable bonds is 7. The van der Waals surface area contributed by atoms with Gasteiger partial charge in [0.2, 0.25) is 0 Å². The molecule has 186 valence electrons. The van der Waals surface area contributed by atoms with Crippen molar-refractivity contribution < 1.29 is 33.3 Å². The standard InChI is InChI=1S/C29H23NO7/c1-34-22-15-10-18(17-24(22)35-2)27(31)25-26(23-9-6-16-36-23)30(29(33)28(25)32)19-11-13-21(14-12-19)37-20-7-4-3-5-8-20/h3-17,26,31H,1-2H3/b27-25-. The van der Waals surface area contributed by atoms with Gasteiger partial charge in [-0.2, -0.15) is 0 Å². The van der Waals surface area contributed by atoms with E-state index in [0.29, 0.717) is 40.0 Å². The Balaban J connectivity index is 1.56. The summed E-state index contributed by atoms with van der Waals surface area (Å²) in [6.45, 7) is 0. The van der Waals surface area contributed by atoms with Gasteiger partial charge in [-0.15, -0.1) is 0 Å². The Morgan fingerprint density at radius 2 is 1.54 bits per heavy atom. The highest BCUT2D eigenvalue weighted by molar-refractivity contribution is 6.51. The summed E-state index contributed by atoms with van der Waals surface area (Å²) in [6, 6.07) is 23.1. The average molecular weight is 498 g/mol. The molecule has 1 aliphatic rings. The topological polar surface area (TPSA) is 98.4 Å². The maximum atomic E-state index is 13.3. The maximum Gasteiger partial charge on any atom is 0.300 e. The van der Waals surface area contributed by atoms with Crippen LogP contribution in [0.5, 0.6) is 23.0 Å². The van der Waals surface area contributed by atoms with Gasteiger partial charge in [0.25, 0.3) is 11.7 Å². The smallest absolute Gasteiger partial charge is 0.300 e. The summed E-state index contributed by atoms with van der Waals surface area (Å²) in [7, 11) is 2.96. The van der Waals surface area contributed by atoms with Gasteiger partial charge in [0.1, 0.15) is 29.1 Å². The fourth-order valence-electron chi connectivity index (χ4n) is 4.25. The highest BCUT2D eigenvalue weighted by Gasteiger charge is 2.48. The first-order valence-electron chi connectivity index (χ1n) is 11.4. The van der Waals surface area contributed by atoms with Crippen LogP contribution < -0.4 is 19.1 Å². The predicted octanol–water partition coefficient (Wildman–Crippen LogP) is 5.72. The van der Waals surface area contributed by atoms with E-state index in [1.807, 2.05) is 30.3 Å². The monoisotopic (exact) mass is 497 g/mol. The maximum absolute atomic E-state index is 13.3. The normalized spacial score (nSPS) is 16.6. The van der Waals surface area contributed by atoms with Gasteiger partial charge >= 0.3 is 0 Å². The number of anilines is 1. The molecule has 0 spiro atoms. The number of Topliss-reactive ketones (excluding diaryl/α,β-unsaturated/α-hetero) is 1. The van der Waals surface area contributed by atoms with Crippen LogP contribution in [0.3, 0.4) is 0 Å². The number of para-hydroxylation sites is 1. The second kappa shape index (κ2) is 9.94. The fraction of sp³-hybridized carbons (Fsp3) is 0.103. The predicted molar refractivity (Wildman–Crippen MR) is 136 cm³/mol. The first kappa shape index (κ1) is 23.7. The number of aliphatic hydroxyl groups is 1. The minimum atomic E-state index is -0.982. The zero-order chi connectivity index (χ0) is 25.9. The van der Waals surface area contributed by atoms with Crippen LogP contribution in [0.2, 0.25) is 0 Å². The molecule has 5 rings (SSSR count). The largest absolute Gasteiger partial charge is 0.507 e. The van der Waals surface area contributed by atoms with Crippen molar-refractivity contribution in [1.82, 2.24) is 0 Å². The molecular formula is C29H23NO7. The van der Waals surface area contributed by atoms with Gasteiger partial charge in [0.05, 0.1) is 26.1 Å². The molecule has 2 heterocycles. The number of aliphatic hydroxyl groups excluding tert-OH is 1. The van der Waals surface area contributed by atoms with Crippen LogP contribution in [0.4, 0.5) is 5.69 Å². The first-order valence-corrected chi connectivity index (χ1v) is 11.4. The molecule has 1 N–H and O–H groups in total. The molecule has 1 aliphatic heterocycles. The van der Waals surface area contributed by atoms with Crippen molar-refractivity contribution in [2.75, 3.05) is 19.1 Å². The van der Waals surface area contributed by atoms with Gasteiger partial charge < -0.3 is 23.7 Å². The number of ether oxygens (including phenoxy) is 3. The SMILES string of the molecule is COc1ccc(/C(O)=C2/C(=O)C(=O)N(c3ccc(Oc4ccccc4)cc3)C2c2ccco2)cc1OC. The van der Waals surface area contributed by atoms with Crippen molar-refractivity contribution in [1.29, 1.82) is 0 Å². The Morgan fingerprint density at radius 3 is 2.19 bits per heavy atom. The van der Waals surface area contributed by atoms with E-state index >= 15 is 0 Å². The van der Waals surface area contributed by atoms with Gasteiger partial charge in [-0.05, 0) is 66.7 Å². The van der Waals surface area contributed by atoms with E-state index < -0.39 is 17.7 Å². The summed E-state index contributed by atoms with van der Waals surface area (Å²) in [5.74, 6) is 0.397. The van der Waals surface area contributed by atoms with Gasteiger partial charge in [0.15, 0.2) is 11.5 Å². The van der Waals surface area contributed by atoms with Crippen molar-refractivity contribution in [3.05, 3.63) is 108 Å². The number of hydrogen-bond acceptors (Lipinski definition) is 7. The molecule has 1 amide bonds. The van der Waals surface area contributed by atoms with Crippen LogP contribution in [0.15, 0.2) is 101 Å². The number of nitrogens with zero attached hydrogens (tertiary/aromatic N) is 1. The minimum absolute atomic E-state index is 0.100. The summed E-state index contributed by atoms with van der Waals surface area (Å²) >= 11 is 0. The lowest BCUT2D eigenvalue weighted by Crippen LogP contribution is -2.29. The third-order valence-electron chi connectivity index (χ3n) is 6.01. The lowest BCUT2D eigenvalue weighted by atomic mass is 9.99. The number of ketones is 1. The molecular weight excluding hydrogens is 474 g/mol. The van der Waals surface area contributed by atoms with E-state index in [4.69, 9.17) is 18.6 Å². The number of carbonyl (C=O) groups is 2. The van der Waals surface area contributed by atoms with E-state index in [1.165, 1.54) is 31.4 Å². The fourth-order valence-corrected chi connectivity index (χ4v) is 4.25. The highest BCUT2D eigenvalue weighted by atomic mass is 16.5. The summed E-state index contributed by atoms with van der Waals surface area (Å²) < 4.78 is 22.0. The molecule has 3 aromatic carbocycles. The van der Waals surface area contributed by atoms with Crippen molar-refractivity contribution in [2.24, 2.45) is 0 Å². The molecule has 1 aromatic heterocycles. The highest BCUT2D eigenvalue weighted by Crippen LogP contribution is 2.43. The summed E-state index contributed by atoms with van der Waals surface area (Å²) in [6.07, 6.45) is 1.45. The van der Waals surface area contributed by atoms with Crippen LogP contribution in [0, 0.1) is 0 Å². The first-order chi connectivity index (χ1) is 18.0. The molecule has 1 atom stereocenters. The van der Waals surface area contributed by atoms with Gasteiger partial charge in [-0.25, -0.2) is 0 Å². The number of carbonyl (C=O) groups excluding carboxylic acids is 2. The van der Waals surface area contributed by atoms with Crippen LogP contribution >= 0.6 is 0 Å².